The van der Waals surface area contributed by atoms with Crippen molar-refractivity contribution in [3.05, 3.63) is 65.1 Å². The molecule has 164 valence electrons. The van der Waals surface area contributed by atoms with Crippen molar-refractivity contribution in [1.82, 2.24) is 5.32 Å². The molecule has 2 aromatic rings. The van der Waals surface area contributed by atoms with Gasteiger partial charge in [-0.25, -0.2) is 4.79 Å². The highest BCUT2D eigenvalue weighted by atomic mass is 16.5. The molecule has 0 unspecified atom stereocenters. The zero-order valence-electron chi connectivity index (χ0n) is 17.9. The molecule has 0 radical (unpaired) electrons. The molecular weight excluding hydrogens is 396 g/mol. The fraction of sp³-hybridized carbons (Fsp3) is 0.375. The van der Waals surface area contributed by atoms with E-state index in [1.54, 1.807) is 31.2 Å². The van der Waals surface area contributed by atoms with Gasteiger partial charge in [0.1, 0.15) is 0 Å². The Morgan fingerprint density at radius 1 is 1.19 bits per heavy atom. The minimum atomic E-state index is -0.921. The summed E-state index contributed by atoms with van der Waals surface area (Å²) in [7, 11) is 0. The predicted octanol–water partition coefficient (Wildman–Crippen LogP) is 4.39. The van der Waals surface area contributed by atoms with Gasteiger partial charge in [-0.3, -0.25) is 9.59 Å². The maximum Gasteiger partial charge on any atom is 0.338 e. The van der Waals surface area contributed by atoms with Gasteiger partial charge >= 0.3 is 5.97 Å². The SMILES string of the molecule is Cc1ccc(C(=O)O[C@H](C)C(=O)NCCC2=CCCCC2)cc1NC(=O)c1ccco1. The number of furan rings is 1. The largest absolute Gasteiger partial charge is 0.459 e. The molecule has 2 amide bonds. The van der Waals surface area contributed by atoms with Crippen LogP contribution < -0.4 is 10.6 Å². The van der Waals surface area contributed by atoms with E-state index in [0.717, 1.165) is 24.8 Å². The van der Waals surface area contributed by atoms with Crippen LogP contribution in [0.2, 0.25) is 0 Å². The number of carbonyl (C=O) groups is 3. The molecule has 0 saturated heterocycles. The Labute approximate surface area is 181 Å². The summed E-state index contributed by atoms with van der Waals surface area (Å²) in [6, 6.07) is 8.00. The Morgan fingerprint density at radius 3 is 2.74 bits per heavy atom. The van der Waals surface area contributed by atoms with E-state index in [-0.39, 0.29) is 17.2 Å². The molecular formula is C24H28N2O5. The summed E-state index contributed by atoms with van der Waals surface area (Å²) in [5.41, 5.74) is 2.86. The third-order valence-corrected chi connectivity index (χ3v) is 5.25. The lowest BCUT2D eigenvalue weighted by molar-refractivity contribution is -0.129. The third-order valence-electron chi connectivity index (χ3n) is 5.25. The zero-order valence-corrected chi connectivity index (χ0v) is 17.9. The average molecular weight is 424 g/mol. The van der Waals surface area contributed by atoms with E-state index in [1.165, 1.54) is 30.7 Å². The minimum Gasteiger partial charge on any atom is -0.459 e. The van der Waals surface area contributed by atoms with Gasteiger partial charge in [-0.15, -0.1) is 0 Å². The first-order chi connectivity index (χ1) is 14.9. The molecule has 7 heteroatoms. The summed E-state index contributed by atoms with van der Waals surface area (Å²) in [5, 5.41) is 5.54. The number of benzene rings is 1. The molecule has 0 aliphatic heterocycles. The molecule has 1 heterocycles. The normalized spacial score (nSPS) is 14.3. The Hall–Kier alpha value is -3.35. The van der Waals surface area contributed by atoms with E-state index < -0.39 is 18.0 Å². The van der Waals surface area contributed by atoms with Gasteiger partial charge in [0.2, 0.25) is 0 Å². The first kappa shape index (κ1) is 22.3. The van der Waals surface area contributed by atoms with E-state index in [1.807, 2.05) is 6.92 Å². The van der Waals surface area contributed by atoms with Crippen LogP contribution in [0.3, 0.4) is 0 Å². The molecule has 1 aromatic heterocycles. The van der Waals surface area contributed by atoms with Crippen LogP contribution in [0, 0.1) is 6.92 Å². The Kier molecular flexibility index (Phi) is 7.65. The van der Waals surface area contributed by atoms with Gasteiger partial charge in [0, 0.05) is 12.2 Å². The summed E-state index contributed by atoms with van der Waals surface area (Å²) in [6.07, 6.45) is 8.19. The molecule has 31 heavy (non-hydrogen) atoms. The highest BCUT2D eigenvalue weighted by Crippen LogP contribution is 2.20. The van der Waals surface area contributed by atoms with Crippen molar-refractivity contribution >= 4 is 23.5 Å². The van der Waals surface area contributed by atoms with E-state index in [4.69, 9.17) is 9.15 Å². The topological polar surface area (TPSA) is 97.6 Å². The van der Waals surface area contributed by atoms with E-state index in [0.29, 0.717) is 12.2 Å². The number of hydrogen-bond acceptors (Lipinski definition) is 5. The van der Waals surface area contributed by atoms with Crippen molar-refractivity contribution in [3.63, 3.8) is 0 Å². The summed E-state index contributed by atoms with van der Waals surface area (Å²) in [5.74, 6) is -1.21. The first-order valence-electron chi connectivity index (χ1n) is 10.6. The maximum absolute atomic E-state index is 12.5. The Morgan fingerprint density at radius 2 is 2.03 bits per heavy atom. The van der Waals surface area contributed by atoms with Crippen molar-refractivity contribution in [2.75, 3.05) is 11.9 Å². The number of hydrogen-bond donors (Lipinski definition) is 2. The molecule has 7 nitrogen and oxygen atoms in total. The highest BCUT2D eigenvalue weighted by molar-refractivity contribution is 6.03. The number of allylic oxidation sites excluding steroid dienone is 1. The van der Waals surface area contributed by atoms with Crippen molar-refractivity contribution < 1.29 is 23.5 Å². The average Bonchev–Trinajstić information content (AvgIpc) is 3.31. The highest BCUT2D eigenvalue weighted by Gasteiger charge is 2.20. The fourth-order valence-corrected chi connectivity index (χ4v) is 3.38. The van der Waals surface area contributed by atoms with Crippen LogP contribution in [0.1, 0.15) is 65.5 Å². The monoisotopic (exact) mass is 424 g/mol. The van der Waals surface area contributed by atoms with E-state index in [2.05, 4.69) is 16.7 Å². The number of aryl methyl sites for hydroxylation is 1. The molecule has 3 rings (SSSR count). The summed E-state index contributed by atoms with van der Waals surface area (Å²) in [6.45, 7) is 3.88. The number of anilines is 1. The van der Waals surface area contributed by atoms with E-state index in [9.17, 15) is 14.4 Å². The van der Waals surface area contributed by atoms with Crippen LogP contribution >= 0.6 is 0 Å². The Balaban J connectivity index is 1.53. The number of nitrogens with one attached hydrogen (secondary N) is 2. The lowest BCUT2D eigenvalue weighted by atomic mass is 9.97. The second kappa shape index (κ2) is 10.6. The van der Waals surface area contributed by atoms with Crippen molar-refractivity contribution in [3.8, 4) is 0 Å². The molecule has 0 saturated carbocycles. The van der Waals surface area contributed by atoms with E-state index >= 15 is 0 Å². The van der Waals surface area contributed by atoms with Crippen LogP contribution in [0.15, 0.2) is 52.7 Å². The number of amides is 2. The molecule has 1 aliphatic carbocycles. The predicted molar refractivity (Wildman–Crippen MR) is 117 cm³/mol. The van der Waals surface area contributed by atoms with Crippen LogP contribution in [0.25, 0.3) is 0 Å². The van der Waals surface area contributed by atoms with Crippen molar-refractivity contribution in [2.24, 2.45) is 0 Å². The zero-order chi connectivity index (χ0) is 22.2. The van der Waals surface area contributed by atoms with Crippen LogP contribution in [-0.2, 0) is 9.53 Å². The number of esters is 1. The molecule has 2 N–H and O–H groups in total. The first-order valence-corrected chi connectivity index (χ1v) is 10.6. The molecule has 0 fully saturated rings. The maximum atomic E-state index is 12.5. The van der Waals surface area contributed by atoms with Gasteiger partial charge in [0.05, 0.1) is 11.8 Å². The minimum absolute atomic E-state index is 0.168. The molecule has 0 bridgehead atoms. The third kappa shape index (κ3) is 6.31. The smallest absolute Gasteiger partial charge is 0.338 e. The number of rotatable bonds is 8. The summed E-state index contributed by atoms with van der Waals surface area (Å²) < 4.78 is 10.4. The van der Waals surface area contributed by atoms with Crippen LogP contribution in [0.5, 0.6) is 0 Å². The van der Waals surface area contributed by atoms with Gasteiger partial charge in [-0.2, -0.15) is 0 Å². The molecule has 1 aliphatic rings. The van der Waals surface area contributed by atoms with Gasteiger partial charge in [-0.1, -0.05) is 17.7 Å². The molecule has 0 spiro atoms. The van der Waals surface area contributed by atoms with Crippen molar-refractivity contribution in [2.45, 2.75) is 52.1 Å². The van der Waals surface area contributed by atoms with Gasteiger partial charge in [0.15, 0.2) is 11.9 Å². The fourth-order valence-electron chi connectivity index (χ4n) is 3.38. The van der Waals surface area contributed by atoms with Crippen molar-refractivity contribution in [1.29, 1.82) is 0 Å². The van der Waals surface area contributed by atoms with Crippen LogP contribution in [0.4, 0.5) is 5.69 Å². The van der Waals surface area contributed by atoms with Gasteiger partial charge in [-0.05, 0) is 75.8 Å². The summed E-state index contributed by atoms with van der Waals surface area (Å²) >= 11 is 0. The number of carbonyl (C=O) groups excluding carboxylic acids is 3. The molecule has 1 aromatic carbocycles. The second-order valence-corrected chi connectivity index (χ2v) is 7.66. The number of ether oxygens (including phenoxy) is 1. The quantitative estimate of drug-likeness (QED) is 0.484. The lowest BCUT2D eigenvalue weighted by Gasteiger charge is -2.16. The second-order valence-electron chi connectivity index (χ2n) is 7.66. The standard InChI is InChI=1S/C24H28N2O5/c1-16-10-11-19(15-20(16)26-23(28)21-9-6-14-30-21)24(29)31-17(2)22(27)25-13-12-18-7-4-3-5-8-18/h6-7,9-11,14-15,17H,3-5,8,12-13H2,1-2H3,(H,25,27)(H,26,28)/t17-/m1/s1. The molecule has 1 atom stereocenters. The summed E-state index contributed by atoms with van der Waals surface area (Å²) in [4.78, 5) is 37.0. The van der Waals surface area contributed by atoms with Crippen LogP contribution in [-0.4, -0.2) is 30.4 Å². The Bertz CT molecular complexity index is 962. The lowest BCUT2D eigenvalue weighted by Crippen LogP contribution is -2.36. The van der Waals surface area contributed by atoms with Gasteiger partial charge < -0.3 is 19.8 Å². The van der Waals surface area contributed by atoms with Gasteiger partial charge in [0.25, 0.3) is 11.8 Å².